The molecule has 1 aliphatic rings. The molecule has 0 atom stereocenters. The lowest BCUT2D eigenvalue weighted by Gasteiger charge is -2.30. The minimum atomic E-state index is 0.855. The number of nitrogens with zero attached hydrogens (tertiary/aromatic N) is 2. The van der Waals surface area contributed by atoms with Crippen LogP contribution in [-0.4, -0.2) is 4.57 Å². The van der Waals surface area contributed by atoms with Gasteiger partial charge in [-0.25, -0.2) is 0 Å². The largest absolute Gasteiger partial charge is 0.451 e. The van der Waals surface area contributed by atoms with Crippen molar-refractivity contribution in [1.29, 1.82) is 0 Å². The second-order valence-corrected chi connectivity index (χ2v) is 12.5. The number of thiophene rings is 1. The van der Waals surface area contributed by atoms with Gasteiger partial charge in [0, 0.05) is 42.3 Å². The molecule has 0 bridgehead atoms. The normalized spacial score (nSPS) is 12.3. The van der Waals surface area contributed by atoms with Gasteiger partial charge >= 0.3 is 0 Å². The molecule has 9 aromatic rings. The SMILES string of the molecule is c1ccc2c(c1)Oc1c(N(c3ccc4ccccc4c3)c3ccc4c(c3)sc3ccccc34)ccc3c4ccccc4n-2c13. The van der Waals surface area contributed by atoms with Crippen molar-refractivity contribution in [2.24, 2.45) is 0 Å². The van der Waals surface area contributed by atoms with Crippen molar-refractivity contribution in [3.05, 3.63) is 146 Å². The van der Waals surface area contributed by atoms with Crippen molar-refractivity contribution in [3.63, 3.8) is 0 Å². The summed E-state index contributed by atoms with van der Waals surface area (Å²) in [6.45, 7) is 0. The highest BCUT2D eigenvalue weighted by molar-refractivity contribution is 7.25. The van der Waals surface area contributed by atoms with E-state index in [1.54, 1.807) is 0 Å². The van der Waals surface area contributed by atoms with Crippen LogP contribution in [0.25, 0.3) is 58.4 Å². The van der Waals surface area contributed by atoms with E-state index in [9.17, 15) is 0 Å². The van der Waals surface area contributed by atoms with E-state index in [-0.39, 0.29) is 0 Å². The molecule has 0 amide bonds. The Labute approximate surface area is 257 Å². The molecule has 0 saturated heterocycles. The summed E-state index contributed by atoms with van der Waals surface area (Å²) in [5.74, 6) is 1.72. The molecule has 1 aliphatic heterocycles. The lowest BCUT2D eigenvalue weighted by molar-refractivity contribution is 0.477. The van der Waals surface area contributed by atoms with E-state index in [4.69, 9.17) is 4.74 Å². The van der Waals surface area contributed by atoms with Crippen LogP contribution in [0.1, 0.15) is 0 Å². The zero-order chi connectivity index (χ0) is 28.8. The smallest absolute Gasteiger partial charge is 0.176 e. The Morgan fingerprint density at radius 1 is 0.523 bits per heavy atom. The lowest BCUT2D eigenvalue weighted by Crippen LogP contribution is -2.13. The first kappa shape index (κ1) is 23.9. The quantitative estimate of drug-likeness (QED) is 0.207. The molecule has 0 N–H and O–H groups in total. The first-order valence-corrected chi connectivity index (χ1v) is 15.7. The molecule has 44 heavy (non-hydrogen) atoms. The average molecular weight is 581 g/mol. The first-order valence-electron chi connectivity index (χ1n) is 14.9. The van der Waals surface area contributed by atoms with Gasteiger partial charge < -0.3 is 14.2 Å². The molecule has 0 fully saturated rings. The Bertz CT molecular complexity index is 2610. The third kappa shape index (κ3) is 3.31. The number of ether oxygens (including phenoxy) is 1. The minimum Gasteiger partial charge on any atom is -0.451 e. The van der Waals surface area contributed by atoms with Crippen LogP contribution in [0.3, 0.4) is 0 Å². The highest BCUT2D eigenvalue weighted by Gasteiger charge is 2.29. The topological polar surface area (TPSA) is 17.4 Å². The maximum Gasteiger partial charge on any atom is 0.176 e. The molecule has 10 rings (SSSR count). The monoisotopic (exact) mass is 580 g/mol. The summed E-state index contributed by atoms with van der Waals surface area (Å²) in [5.41, 5.74) is 6.53. The minimum absolute atomic E-state index is 0.855. The van der Waals surface area contributed by atoms with Gasteiger partial charge in [0.15, 0.2) is 11.5 Å². The molecule has 3 heterocycles. The fourth-order valence-corrected chi connectivity index (χ4v) is 8.12. The van der Waals surface area contributed by atoms with Crippen molar-refractivity contribution in [1.82, 2.24) is 4.57 Å². The van der Waals surface area contributed by atoms with Gasteiger partial charge in [-0.05, 0) is 71.4 Å². The molecule has 2 aromatic heterocycles. The van der Waals surface area contributed by atoms with E-state index in [2.05, 4.69) is 149 Å². The van der Waals surface area contributed by atoms with Crippen molar-refractivity contribution < 1.29 is 4.74 Å². The van der Waals surface area contributed by atoms with Crippen LogP contribution in [0.4, 0.5) is 17.1 Å². The molecule has 3 nitrogen and oxygen atoms in total. The second kappa shape index (κ2) is 8.96. The first-order chi connectivity index (χ1) is 21.8. The molecule has 0 unspecified atom stereocenters. The average Bonchev–Trinajstić information content (AvgIpc) is 3.62. The number of hydrogen-bond donors (Lipinski definition) is 0. The lowest BCUT2D eigenvalue weighted by atomic mass is 10.1. The molecular weight excluding hydrogens is 557 g/mol. The summed E-state index contributed by atoms with van der Waals surface area (Å²) < 4.78 is 11.8. The zero-order valence-electron chi connectivity index (χ0n) is 23.6. The molecule has 0 radical (unpaired) electrons. The number of benzene rings is 7. The Balaban J connectivity index is 1.29. The van der Waals surface area contributed by atoms with Crippen LogP contribution in [-0.2, 0) is 0 Å². The van der Waals surface area contributed by atoms with Crippen LogP contribution in [0.2, 0.25) is 0 Å². The third-order valence-corrected chi connectivity index (χ3v) is 10.1. The van der Waals surface area contributed by atoms with E-state index < -0.39 is 0 Å². The summed E-state index contributed by atoms with van der Waals surface area (Å²) in [7, 11) is 0. The van der Waals surface area contributed by atoms with E-state index in [1.165, 1.54) is 47.2 Å². The molecule has 0 saturated carbocycles. The summed E-state index contributed by atoms with van der Waals surface area (Å²) in [6, 6.07) is 52.3. The van der Waals surface area contributed by atoms with E-state index in [0.717, 1.165) is 39.8 Å². The number of fused-ring (bicyclic) bond motifs is 9. The van der Waals surface area contributed by atoms with Crippen molar-refractivity contribution in [3.8, 4) is 17.2 Å². The zero-order valence-corrected chi connectivity index (χ0v) is 24.4. The molecule has 4 heteroatoms. The van der Waals surface area contributed by atoms with Gasteiger partial charge in [0.25, 0.3) is 0 Å². The van der Waals surface area contributed by atoms with Crippen molar-refractivity contribution in [2.75, 3.05) is 4.90 Å². The summed E-state index contributed by atoms with van der Waals surface area (Å²) in [5, 5.41) is 7.42. The van der Waals surface area contributed by atoms with E-state index in [1.807, 2.05) is 17.4 Å². The predicted molar refractivity (Wildman–Crippen MR) is 186 cm³/mol. The second-order valence-electron chi connectivity index (χ2n) is 11.4. The third-order valence-electron chi connectivity index (χ3n) is 8.94. The van der Waals surface area contributed by atoms with Gasteiger partial charge in [-0.15, -0.1) is 11.3 Å². The van der Waals surface area contributed by atoms with Crippen LogP contribution < -0.4 is 9.64 Å². The van der Waals surface area contributed by atoms with Crippen molar-refractivity contribution >= 4 is 81.1 Å². The van der Waals surface area contributed by atoms with Gasteiger partial charge in [-0.1, -0.05) is 84.9 Å². The Kier molecular flexibility index (Phi) is 4.87. The van der Waals surface area contributed by atoms with Crippen LogP contribution in [0.5, 0.6) is 11.5 Å². The van der Waals surface area contributed by atoms with Gasteiger partial charge in [-0.2, -0.15) is 0 Å². The highest BCUT2D eigenvalue weighted by atomic mass is 32.1. The molecule has 7 aromatic carbocycles. The van der Waals surface area contributed by atoms with Crippen LogP contribution in [0.15, 0.2) is 146 Å². The van der Waals surface area contributed by atoms with E-state index >= 15 is 0 Å². The Morgan fingerprint density at radius 3 is 2.18 bits per heavy atom. The number of hydrogen-bond acceptors (Lipinski definition) is 3. The molecule has 0 spiro atoms. The maximum absolute atomic E-state index is 6.90. The fourth-order valence-electron chi connectivity index (χ4n) is 6.98. The number of rotatable bonds is 3. The standard InChI is InChI=1S/C40H24N2OS/c1-2-10-26-23-27(18-17-25(26)9-1)41(28-19-20-31-30-12-4-8-16-37(30)44-38(31)24-28)35-22-21-32-29-11-3-5-13-33(29)42-34-14-6-7-15-36(34)43-40(35)39(32)42/h1-24H. The Morgan fingerprint density at radius 2 is 1.23 bits per heavy atom. The fraction of sp³-hybridized carbons (Fsp3) is 0. The summed E-state index contributed by atoms with van der Waals surface area (Å²) in [4.78, 5) is 2.36. The number of para-hydroxylation sites is 3. The predicted octanol–water partition coefficient (Wildman–Crippen LogP) is 11.9. The van der Waals surface area contributed by atoms with Crippen LogP contribution >= 0.6 is 11.3 Å². The number of anilines is 3. The van der Waals surface area contributed by atoms with Crippen molar-refractivity contribution in [2.45, 2.75) is 0 Å². The molecule has 206 valence electrons. The summed E-state index contributed by atoms with van der Waals surface area (Å²) >= 11 is 1.84. The van der Waals surface area contributed by atoms with Gasteiger partial charge in [0.1, 0.15) is 0 Å². The Hall–Kier alpha value is -5.58. The van der Waals surface area contributed by atoms with Crippen LogP contribution in [0, 0.1) is 0 Å². The highest BCUT2D eigenvalue weighted by Crippen LogP contribution is 2.52. The van der Waals surface area contributed by atoms with Gasteiger partial charge in [-0.3, -0.25) is 0 Å². The van der Waals surface area contributed by atoms with Gasteiger partial charge in [0.2, 0.25) is 0 Å². The molecular formula is C40H24N2OS. The van der Waals surface area contributed by atoms with Gasteiger partial charge in [0.05, 0.1) is 22.4 Å². The molecule has 0 aliphatic carbocycles. The maximum atomic E-state index is 6.90. The number of aromatic nitrogens is 1. The van der Waals surface area contributed by atoms with E-state index in [0.29, 0.717) is 0 Å². The summed E-state index contributed by atoms with van der Waals surface area (Å²) in [6.07, 6.45) is 0.